The summed E-state index contributed by atoms with van der Waals surface area (Å²) in [5.41, 5.74) is 5.22. The monoisotopic (exact) mass is 691 g/mol. The molecular formula is C49H29N3S. The molecule has 2 aromatic heterocycles. The van der Waals surface area contributed by atoms with Crippen molar-refractivity contribution in [2.75, 3.05) is 0 Å². The first-order valence-electron chi connectivity index (χ1n) is 17.9. The fourth-order valence-corrected chi connectivity index (χ4v) is 9.23. The van der Waals surface area contributed by atoms with Crippen molar-refractivity contribution < 1.29 is 0 Å². The van der Waals surface area contributed by atoms with Gasteiger partial charge in [0.15, 0.2) is 17.5 Å². The van der Waals surface area contributed by atoms with Gasteiger partial charge in [0, 0.05) is 36.9 Å². The molecule has 53 heavy (non-hydrogen) atoms. The number of hydrogen-bond donors (Lipinski definition) is 0. The molecule has 0 atom stereocenters. The predicted octanol–water partition coefficient (Wildman–Crippen LogP) is 13.5. The molecule has 0 saturated heterocycles. The topological polar surface area (TPSA) is 38.7 Å². The molecule has 0 spiro atoms. The van der Waals surface area contributed by atoms with Gasteiger partial charge in [0.05, 0.1) is 0 Å². The van der Waals surface area contributed by atoms with E-state index in [2.05, 4.69) is 158 Å². The highest BCUT2D eigenvalue weighted by atomic mass is 32.1. The summed E-state index contributed by atoms with van der Waals surface area (Å²) in [5, 5.41) is 12.5. The van der Waals surface area contributed by atoms with Crippen molar-refractivity contribution in [3.8, 4) is 45.3 Å². The Morgan fingerprint density at radius 3 is 1.83 bits per heavy atom. The summed E-state index contributed by atoms with van der Waals surface area (Å²) in [6.45, 7) is 0. The highest BCUT2D eigenvalue weighted by molar-refractivity contribution is 7.26. The number of aromatic nitrogens is 3. The standard InChI is InChI=1S/C49H29N3S/c1-2-13-31(14-3-1)47-50-48(52-49(51-47)42-22-11-21-41-38-20-8-9-23-44(38)53-46(41)42)34-17-10-16-32(28-34)43-29-33-15-5-7-19-36(33)45-39-25-24-30-12-4-6-18-35(30)37(39)26-27-40(43)45/h1-29H. The van der Waals surface area contributed by atoms with Gasteiger partial charge >= 0.3 is 0 Å². The third-order valence-corrected chi connectivity index (χ3v) is 11.7. The summed E-state index contributed by atoms with van der Waals surface area (Å²) >= 11 is 1.79. The number of nitrogens with zero attached hydrogens (tertiary/aromatic N) is 3. The van der Waals surface area contributed by atoms with E-state index in [1.807, 2.05) is 18.2 Å². The Labute approximate surface area is 309 Å². The molecule has 9 aromatic carbocycles. The van der Waals surface area contributed by atoms with Crippen molar-refractivity contribution in [1.29, 1.82) is 0 Å². The lowest BCUT2D eigenvalue weighted by Gasteiger charge is -2.15. The van der Waals surface area contributed by atoms with Crippen LogP contribution in [0.2, 0.25) is 0 Å². The Morgan fingerprint density at radius 2 is 0.943 bits per heavy atom. The normalized spacial score (nSPS) is 11.8. The average Bonchev–Trinajstić information content (AvgIpc) is 3.62. The molecule has 0 N–H and O–H groups in total. The second-order valence-corrected chi connectivity index (χ2v) is 14.6. The number of benzene rings is 9. The minimum absolute atomic E-state index is 0.649. The summed E-state index contributed by atoms with van der Waals surface area (Å²) < 4.78 is 2.44. The van der Waals surface area contributed by atoms with E-state index in [9.17, 15) is 0 Å². The zero-order valence-electron chi connectivity index (χ0n) is 28.5. The molecule has 0 saturated carbocycles. The maximum Gasteiger partial charge on any atom is 0.165 e. The Hall–Kier alpha value is -6.75. The fraction of sp³-hybridized carbons (Fsp3) is 0. The molecule has 246 valence electrons. The van der Waals surface area contributed by atoms with Crippen molar-refractivity contribution in [2.24, 2.45) is 0 Å². The lowest BCUT2D eigenvalue weighted by molar-refractivity contribution is 1.08. The molecule has 2 heterocycles. The number of hydrogen-bond acceptors (Lipinski definition) is 4. The minimum Gasteiger partial charge on any atom is -0.208 e. The first kappa shape index (κ1) is 29.9. The van der Waals surface area contributed by atoms with Crippen molar-refractivity contribution >= 4 is 74.6 Å². The second-order valence-electron chi connectivity index (χ2n) is 13.5. The highest BCUT2D eigenvalue weighted by Gasteiger charge is 2.18. The highest BCUT2D eigenvalue weighted by Crippen LogP contribution is 2.42. The number of fused-ring (bicyclic) bond motifs is 10. The Morgan fingerprint density at radius 1 is 0.321 bits per heavy atom. The van der Waals surface area contributed by atoms with Crippen molar-refractivity contribution in [2.45, 2.75) is 0 Å². The quantitative estimate of drug-likeness (QED) is 0.172. The molecule has 11 aromatic rings. The molecule has 0 amide bonds. The van der Waals surface area contributed by atoms with Crippen LogP contribution in [0.5, 0.6) is 0 Å². The zero-order chi connectivity index (χ0) is 34.9. The Bertz CT molecular complexity index is 3240. The summed E-state index contributed by atoms with van der Waals surface area (Å²) in [5.74, 6) is 1.98. The van der Waals surface area contributed by atoms with Crippen molar-refractivity contribution in [3.05, 3.63) is 176 Å². The van der Waals surface area contributed by atoms with Crippen LogP contribution >= 0.6 is 11.3 Å². The summed E-state index contributed by atoms with van der Waals surface area (Å²) in [6, 6.07) is 62.8. The lowest BCUT2D eigenvalue weighted by Crippen LogP contribution is -2.00. The van der Waals surface area contributed by atoms with Crippen LogP contribution in [0.1, 0.15) is 0 Å². The molecule has 3 nitrogen and oxygen atoms in total. The fourth-order valence-electron chi connectivity index (χ4n) is 8.02. The molecule has 0 aliphatic heterocycles. The van der Waals surface area contributed by atoms with Crippen LogP contribution in [0, 0.1) is 0 Å². The molecule has 0 fully saturated rings. The van der Waals surface area contributed by atoms with Gasteiger partial charge in [-0.25, -0.2) is 15.0 Å². The number of rotatable bonds is 4. The van der Waals surface area contributed by atoms with E-state index in [1.165, 1.54) is 68.8 Å². The third kappa shape index (κ3) is 4.84. The lowest BCUT2D eigenvalue weighted by atomic mass is 9.88. The molecular weight excluding hydrogens is 663 g/mol. The maximum atomic E-state index is 5.22. The van der Waals surface area contributed by atoms with Crippen LogP contribution in [0.25, 0.3) is 109 Å². The van der Waals surface area contributed by atoms with Crippen molar-refractivity contribution in [1.82, 2.24) is 15.0 Å². The molecule has 0 aliphatic carbocycles. The predicted molar refractivity (Wildman–Crippen MR) is 224 cm³/mol. The molecule has 0 unspecified atom stereocenters. The van der Waals surface area contributed by atoms with Crippen LogP contribution in [-0.4, -0.2) is 15.0 Å². The van der Waals surface area contributed by atoms with Gasteiger partial charge < -0.3 is 0 Å². The first-order chi connectivity index (χ1) is 26.3. The van der Waals surface area contributed by atoms with E-state index in [-0.39, 0.29) is 0 Å². The van der Waals surface area contributed by atoms with Gasteiger partial charge in [-0.2, -0.15) is 0 Å². The van der Waals surface area contributed by atoms with E-state index < -0.39 is 0 Å². The zero-order valence-corrected chi connectivity index (χ0v) is 29.3. The summed E-state index contributed by atoms with van der Waals surface area (Å²) in [6.07, 6.45) is 0. The van der Waals surface area contributed by atoms with E-state index >= 15 is 0 Å². The molecule has 0 aliphatic rings. The molecule has 0 radical (unpaired) electrons. The van der Waals surface area contributed by atoms with Crippen molar-refractivity contribution in [3.63, 3.8) is 0 Å². The van der Waals surface area contributed by atoms with E-state index in [4.69, 9.17) is 15.0 Å². The van der Waals surface area contributed by atoms with Crippen LogP contribution in [0.15, 0.2) is 176 Å². The van der Waals surface area contributed by atoms with Crippen LogP contribution in [0.3, 0.4) is 0 Å². The first-order valence-corrected chi connectivity index (χ1v) is 18.7. The number of thiophene rings is 1. The minimum atomic E-state index is 0.649. The second kappa shape index (κ2) is 11.9. The molecule has 4 heteroatoms. The van der Waals surface area contributed by atoms with E-state index in [0.717, 1.165) is 22.3 Å². The third-order valence-electron chi connectivity index (χ3n) is 10.5. The summed E-state index contributed by atoms with van der Waals surface area (Å²) in [7, 11) is 0. The maximum absolute atomic E-state index is 5.22. The largest absolute Gasteiger partial charge is 0.208 e. The molecule has 11 rings (SSSR count). The van der Waals surface area contributed by atoms with Gasteiger partial charge in [-0.05, 0) is 78.5 Å². The van der Waals surface area contributed by atoms with Gasteiger partial charge in [-0.15, -0.1) is 11.3 Å². The summed E-state index contributed by atoms with van der Waals surface area (Å²) in [4.78, 5) is 15.5. The molecule has 0 bridgehead atoms. The van der Waals surface area contributed by atoms with Gasteiger partial charge in [0.1, 0.15) is 0 Å². The van der Waals surface area contributed by atoms with Gasteiger partial charge in [0.2, 0.25) is 0 Å². The smallest absolute Gasteiger partial charge is 0.165 e. The SMILES string of the molecule is c1ccc(-c2nc(-c3cccc(-c4cc5ccccc5c5c4ccc4c6ccccc6ccc45)c3)nc(-c3cccc4c3sc3ccccc34)n2)cc1. The average molecular weight is 692 g/mol. The van der Waals surface area contributed by atoms with E-state index in [1.54, 1.807) is 11.3 Å². The Kier molecular flexibility index (Phi) is 6.73. The van der Waals surface area contributed by atoms with Gasteiger partial charge in [0.25, 0.3) is 0 Å². The van der Waals surface area contributed by atoms with Crippen LogP contribution in [-0.2, 0) is 0 Å². The van der Waals surface area contributed by atoms with Gasteiger partial charge in [-0.1, -0.05) is 152 Å². The van der Waals surface area contributed by atoms with E-state index in [0.29, 0.717) is 17.5 Å². The van der Waals surface area contributed by atoms with Crippen LogP contribution in [0.4, 0.5) is 0 Å². The van der Waals surface area contributed by atoms with Gasteiger partial charge in [-0.3, -0.25) is 0 Å². The Balaban J connectivity index is 1.13. The van der Waals surface area contributed by atoms with Crippen LogP contribution < -0.4 is 0 Å².